The van der Waals surface area contributed by atoms with Crippen molar-refractivity contribution >= 4 is 5.91 Å². The van der Waals surface area contributed by atoms with Gasteiger partial charge in [-0.25, -0.2) is 0 Å². The van der Waals surface area contributed by atoms with Gasteiger partial charge in [0, 0.05) is 6.04 Å². The number of hydrogen-bond acceptors (Lipinski definition) is 2. The molecule has 110 valence electrons. The van der Waals surface area contributed by atoms with Crippen LogP contribution in [0.25, 0.3) is 0 Å². The van der Waals surface area contributed by atoms with E-state index in [0.29, 0.717) is 0 Å². The summed E-state index contributed by atoms with van der Waals surface area (Å²) in [5.41, 5.74) is 2.43. The summed E-state index contributed by atoms with van der Waals surface area (Å²) in [5, 5.41) is 3.50. The summed E-state index contributed by atoms with van der Waals surface area (Å²) < 4.78 is 0. The van der Waals surface area contributed by atoms with Crippen LogP contribution in [-0.4, -0.2) is 22.9 Å². The van der Waals surface area contributed by atoms with E-state index in [-0.39, 0.29) is 24.2 Å². The molecule has 2 rings (SSSR count). The lowest BCUT2D eigenvalue weighted by Gasteiger charge is -2.30. The zero-order valence-electron chi connectivity index (χ0n) is 13.0. The van der Waals surface area contributed by atoms with Gasteiger partial charge >= 0.3 is 0 Å². The van der Waals surface area contributed by atoms with E-state index >= 15 is 0 Å². The molecular weight excluding hydrogens is 248 g/mol. The normalized spacial score (nSPS) is 24.2. The van der Waals surface area contributed by atoms with E-state index in [0.717, 1.165) is 19.3 Å². The largest absolute Gasteiger partial charge is 0.319 e. The Morgan fingerprint density at radius 3 is 2.70 bits per heavy atom. The van der Waals surface area contributed by atoms with Gasteiger partial charge in [-0.1, -0.05) is 50.1 Å². The Bertz CT molecular complexity index is 472. The second-order valence-electron chi connectivity index (χ2n) is 5.83. The first kappa shape index (κ1) is 15.0. The van der Waals surface area contributed by atoms with Crippen molar-refractivity contribution in [1.82, 2.24) is 10.2 Å². The Labute approximate surface area is 122 Å². The van der Waals surface area contributed by atoms with Crippen molar-refractivity contribution in [2.45, 2.75) is 65.2 Å². The Kier molecular flexibility index (Phi) is 4.81. The zero-order valence-corrected chi connectivity index (χ0v) is 13.0. The molecular formula is C17H26N2O. The maximum absolute atomic E-state index is 12.6. The lowest BCUT2D eigenvalue weighted by molar-refractivity contribution is -0.132. The van der Waals surface area contributed by atoms with Gasteiger partial charge in [-0.15, -0.1) is 0 Å². The molecule has 3 unspecified atom stereocenters. The number of amides is 1. The molecule has 0 spiro atoms. The van der Waals surface area contributed by atoms with Crippen molar-refractivity contribution in [3.63, 3.8) is 0 Å². The predicted octanol–water partition coefficient (Wildman–Crippen LogP) is 3.39. The van der Waals surface area contributed by atoms with Gasteiger partial charge in [-0.3, -0.25) is 10.1 Å². The molecule has 1 aromatic carbocycles. The number of carbonyl (C=O) groups excluding carboxylic acids is 1. The van der Waals surface area contributed by atoms with Crippen LogP contribution in [0.2, 0.25) is 0 Å². The van der Waals surface area contributed by atoms with E-state index < -0.39 is 0 Å². The topological polar surface area (TPSA) is 32.3 Å². The number of benzene rings is 1. The highest BCUT2D eigenvalue weighted by Crippen LogP contribution is 2.30. The number of rotatable bonds is 5. The molecule has 1 fully saturated rings. The lowest BCUT2D eigenvalue weighted by atomic mass is 10.1. The van der Waals surface area contributed by atoms with Gasteiger partial charge in [0.2, 0.25) is 5.91 Å². The molecule has 0 saturated carbocycles. The molecule has 3 heteroatoms. The summed E-state index contributed by atoms with van der Waals surface area (Å²) in [7, 11) is 0. The molecule has 3 nitrogen and oxygen atoms in total. The molecule has 1 saturated heterocycles. The molecule has 20 heavy (non-hydrogen) atoms. The summed E-state index contributed by atoms with van der Waals surface area (Å²) in [6.45, 7) is 8.49. The van der Waals surface area contributed by atoms with E-state index in [1.165, 1.54) is 11.1 Å². The number of nitrogens with zero attached hydrogens (tertiary/aromatic N) is 1. The van der Waals surface area contributed by atoms with Crippen molar-refractivity contribution in [1.29, 1.82) is 0 Å². The van der Waals surface area contributed by atoms with Gasteiger partial charge in [0.15, 0.2) is 0 Å². The molecule has 0 aromatic heterocycles. The molecule has 1 aromatic rings. The predicted molar refractivity (Wildman–Crippen MR) is 82.4 cm³/mol. The van der Waals surface area contributed by atoms with Crippen LogP contribution in [0.3, 0.4) is 0 Å². The zero-order chi connectivity index (χ0) is 14.7. The van der Waals surface area contributed by atoms with Crippen molar-refractivity contribution in [3.8, 4) is 0 Å². The highest BCUT2D eigenvalue weighted by Gasteiger charge is 2.40. The lowest BCUT2D eigenvalue weighted by Crippen LogP contribution is -2.38. The SMILES string of the molecule is CCCC(C)N1C(=O)C(CC)NC1c1cccc(C)c1. The third-order valence-electron chi connectivity index (χ3n) is 4.14. The average molecular weight is 274 g/mol. The molecule has 3 atom stereocenters. The standard InChI is InChI=1S/C17H26N2O/c1-5-8-13(4)19-16(18-15(6-2)17(19)20)14-10-7-9-12(3)11-14/h7,9-11,13,15-16,18H,5-6,8H2,1-4H3. The van der Waals surface area contributed by atoms with Crippen molar-refractivity contribution in [2.75, 3.05) is 0 Å². The van der Waals surface area contributed by atoms with Crippen LogP contribution in [0, 0.1) is 6.92 Å². The number of aryl methyl sites for hydroxylation is 1. The van der Waals surface area contributed by atoms with Crippen molar-refractivity contribution < 1.29 is 4.79 Å². The van der Waals surface area contributed by atoms with Gasteiger partial charge in [0.05, 0.1) is 6.04 Å². The molecule has 1 amide bonds. The quantitative estimate of drug-likeness (QED) is 0.892. The second kappa shape index (κ2) is 6.40. The van der Waals surface area contributed by atoms with E-state index in [4.69, 9.17) is 0 Å². The Balaban J connectivity index is 2.31. The van der Waals surface area contributed by atoms with Gasteiger partial charge in [0.25, 0.3) is 0 Å². The Hall–Kier alpha value is -1.35. The molecule has 0 aliphatic carbocycles. The fourth-order valence-electron chi connectivity index (χ4n) is 3.07. The summed E-state index contributed by atoms with van der Waals surface area (Å²) in [5.74, 6) is 0.250. The third kappa shape index (κ3) is 2.88. The van der Waals surface area contributed by atoms with Crippen LogP contribution in [0.5, 0.6) is 0 Å². The van der Waals surface area contributed by atoms with Gasteiger partial charge in [-0.05, 0) is 32.3 Å². The maximum atomic E-state index is 12.6. The molecule has 0 bridgehead atoms. The van der Waals surface area contributed by atoms with E-state index in [2.05, 4.69) is 57.3 Å². The number of carbonyl (C=O) groups is 1. The van der Waals surface area contributed by atoms with Gasteiger partial charge in [-0.2, -0.15) is 0 Å². The van der Waals surface area contributed by atoms with Gasteiger partial charge in [0.1, 0.15) is 6.17 Å². The summed E-state index contributed by atoms with van der Waals surface area (Å²) in [6, 6.07) is 8.69. The minimum Gasteiger partial charge on any atom is -0.319 e. The van der Waals surface area contributed by atoms with E-state index in [9.17, 15) is 4.79 Å². The van der Waals surface area contributed by atoms with E-state index in [1.54, 1.807) is 0 Å². The fourth-order valence-corrected chi connectivity index (χ4v) is 3.07. The first-order valence-electron chi connectivity index (χ1n) is 7.73. The maximum Gasteiger partial charge on any atom is 0.241 e. The van der Waals surface area contributed by atoms with Crippen LogP contribution in [-0.2, 0) is 4.79 Å². The van der Waals surface area contributed by atoms with Crippen molar-refractivity contribution in [2.24, 2.45) is 0 Å². The monoisotopic (exact) mass is 274 g/mol. The van der Waals surface area contributed by atoms with Crippen LogP contribution in [0.15, 0.2) is 24.3 Å². The molecule has 1 aliphatic rings. The van der Waals surface area contributed by atoms with Crippen LogP contribution in [0.4, 0.5) is 0 Å². The number of hydrogen-bond donors (Lipinski definition) is 1. The average Bonchev–Trinajstić information content (AvgIpc) is 2.76. The smallest absolute Gasteiger partial charge is 0.241 e. The minimum atomic E-state index is -0.0418. The summed E-state index contributed by atoms with van der Waals surface area (Å²) in [6.07, 6.45) is 3.01. The van der Waals surface area contributed by atoms with E-state index in [1.807, 2.05) is 4.90 Å². The fraction of sp³-hybridized carbons (Fsp3) is 0.588. The van der Waals surface area contributed by atoms with Crippen LogP contribution >= 0.6 is 0 Å². The minimum absolute atomic E-state index is 0.0221. The van der Waals surface area contributed by atoms with Crippen molar-refractivity contribution in [3.05, 3.63) is 35.4 Å². The second-order valence-corrected chi connectivity index (χ2v) is 5.83. The first-order valence-corrected chi connectivity index (χ1v) is 7.73. The molecule has 0 radical (unpaired) electrons. The van der Waals surface area contributed by atoms with Crippen LogP contribution in [0.1, 0.15) is 57.3 Å². The van der Waals surface area contributed by atoms with Crippen LogP contribution < -0.4 is 5.32 Å². The molecule has 1 aliphatic heterocycles. The molecule has 1 heterocycles. The van der Waals surface area contributed by atoms with Gasteiger partial charge < -0.3 is 4.90 Å². The first-order chi connectivity index (χ1) is 9.58. The summed E-state index contributed by atoms with van der Waals surface area (Å²) in [4.78, 5) is 14.6. The Morgan fingerprint density at radius 2 is 2.10 bits per heavy atom. The summed E-state index contributed by atoms with van der Waals surface area (Å²) >= 11 is 0. The molecule has 1 N–H and O–H groups in total. The number of nitrogens with one attached hydrogen (secondary N) is 1. The Morgan fingerprint density at radius 1 is 1.35 bits per heavy atom. The highest BCUT2D eigenvalue weighted by molar-refractivity contribution is 5.84. The highest BCUT2D eigenvalue weighted by atomic mass is 16.2. The third-order valence-corrected chi connectivity index (χ3v) is 4.14.